The van der Waals surface area contributed by atoms with Gasteiger partial charge in [0.1, 0.15) is 29.2 Å². The van der Waals surface area contributed by atoms with Crippen molar-refractivity contribution >= 4 is 46.3 Å². The highest BCUT2D eigenvalue weighted by Gasteiger charge is 2.41. The fraction of sp³-hybridized carbons (Fsp3) is 0.417. The summed E-state index contributed by atoms with van der Waals surface area (Å²) in [6.45, 7) is 0.247. The number of amides is 1. The summed E-state index contributed by atoms with van der Waals surface area (Å²) in [5, 5.41) is 1.39. The number of likely N-dealkylation sites (tertiary alicyclic amines) is 1. The van der Waals surface area contributed by atoms with E-state index >= 15 is 0 Å². The zero-order valence-electron chi connectivity index (χ0n) is 20.9. The molecule has 1 aliphatic rings. The maximum absolute atomic E-state index is 14.6. The van der Waals surface area contributed by atoms with E-state index in [9.17, 15) is 22.8 Å². The second-order valence-electron chi connectivity index (χ2n) is 9.28. The Labute approximate surface area is 221 Å². The Balaban J connectivity index is 1.70. The summed E-state index contributed by atoms with van der Waals surface area (Å²) < 4.78 is 48.0. The van der Waals surface area contributed by atoms with Crippen molar-refractivity contribution in [2.24, 2.45) is 7.05 Å². The first kappa shape index (κ1) is 27.8. The second kappa shape index (κ2) is 10.5. The van der Waals surface area contributed by atoms with E-state index in [0.717, 1.165) is 6.07 Å². The second-order valence-corrected chi connectivity index (χ2v) is 9.28. The molecule has 1 N–H and O–H groups in total. The van der Waals surface area contributed by atoms with Crippen molar-refractivity contribution in [2.75, 3.05) is 25.5 Å². The van der Waals surface area contributed by atoms with Crippen LogP contribution in [0.5, 0.6) is 0 Å². The van der Waals surface area contributed by atoms with Gasteiger partial charge in [0.25, 0.3) is 12.0 Å². The van der Waals surface area contributed by atoms with Gasteiger partial charge in [0.2, 0.25) is 5.91 Å². The SMILES string of the molecule is [B]C([B])([B])C(=O)N1CCC(OC)(c2cc3c(NCc4cccc(C(F)F)c4F)ncnc3n(C)c2=O)CC1. The van der Waals surface area contributed by atoms with Crippen molar-refractivity contribution in [1.82, 2.24) is 19.4 Å². The minimum Gasteiger partial charge on any atom is -0.373 e. The van der Waals surface area contributed by atoms with Crippen LogP contribution in [0.2, 0.25) is 5.11 Å². The van der Waals surface area contributed by atoms with E-state index < -0.39 is 34.4 Å². The number of fused-ring (bicyclic) bond motifs is 1. The fourth-order valence-electron chi connectivity index (χ4n) is 4.75. The molecule has 0 spiro atoms. The van der Waals surface area contributed by atoms with Gasteiger partial charge < -0.3 is 15.0 Å². The number of carbonyl (C=O) groups excluding carboxylic acids is 1. The highest BCUT2D eigenvalue weighted by Crippen LogP contribution is 2.37. The minimum atomic E-state index is -2.95. The van der Waals surface area contributed by atoms with Gasteiger partial charge in [-0.05, 0) is 18.9 Å². The zero-order chi connectivity index (χ0) is 27.8. The number of nitrogens with one attached hydrogen (secondary N) is 1. The number of piperidine rings is 1. The van der Waals surface area contributed by atoms with Crippen molar-refractivity contribution in [2.45, 2.75) is 36.5 Å². The lowest BCUT2D eigenvalue weighted by atomic mass is 9.42. The Hall–Kier alpha value is -3.28. The maximum Gasteiger partial charge on any atom is 0.266 e. The van der Waals surface area contributed by atoms with Crippen molar-refractivity contribution in [3.05, 3.63) is 63.5 Å². The normalized spacial score (nSPS) is 15.7. The molecule has 0 bridgehead atoms. The Bertz CT molecular complexity index is 1420. The average molecular weight is 519 g/mol. The Kier molecular flexibility index (Phi) is 7.65. The number of anilines is 1. The lowest BCUT2D eigenvalue weighted by Gasteiger charge is -2.42. The van der Waals surface area contributed by atoms with Crippen LogP contribution in [-0.2, 0) is 28.7 Å². The first-order chi connectivity index (χ1) is 17.9. The summed E-state index contributed by atoms with van der Waals surface area (Å²) in [5.74, 6) is -1.36. The summed E-state index contributed by atoms with van der Waals surface area (Å²) >= 11 is 0. The molecule has 0 saturated carbocycles. The number of alkyl halides is 2. The van der Waals surface area contributed by atoms with Gasteiger partial charge in [-0.3, -0.25) is 14.2 Å². The first-order valence-corrected chi connectivity index (χ1v) is 11.8. The molecule has 38 heavy (non-hydrogen) atoms. The third-order valence-corrected chi connectivity index (χ3v) is 6.90. The lowest BCUT2D eigenvalue weighted by molar-refractivity contribution is -0.136. The molecule has 1 saturated heterocycles. The molecule has 8 nitrogen and oxygen atoms in total. The minimum absolute atomic E-state index is 0.0285. The molecular weight excluding hydrogens is 496 g/mol. The molecular formula is C24H23B3F3N5O3. The maximum atomic E-state index is 14.6. The molecule has 1 fully saturated rings. The molecule has 192 valence electrons. The van der Waals surface area contributed by atoms with Crippen LogP contribution < -0.4 is 10.9 Å². The van der Waals surface area contributed by atoms with Crippen molar-refractivity contribution in [3.8, 4) is 0 Å². The lowest BCUT2D eigenvalue weighted by Crippen LogP contribution is -2.51. The Morgan fingerprint density at radius 1 is 1.24 bits per heavy atom. The van der Waals surface area contributed by atoms with Crippen LogP contribution in [0.4, 0.5) is 19.0 Å². The van der Waals surface area contributed by atoms with E-state index in [1.165, 1.54) is 35.0 Å². The third-order valence-electron chi connectivity index (χ3n) is 6.90. The van der Waals surface area contributed by atoms with Crippen LogP contribution in [0, 0.1) is 5.82 Å². The van der Waals surface area contributed by atoms with Gasteiger partial charge in [0.05, 0.1) is 40.1 Å². The number of aryl methyl sites for hydroxylation is 1. The predicted octanol–water partition coefficient (Wildman–Crippen LogP) is 2.06. The summed E-state index contributed by atoms with van der Waals surface area (Å²) in [4.78, 5) is 35.7. The smallest absolute Gasteiger partial charge is 0.266 e. The quantitative estimate of drug-likeness (QED) is 0.482. The first-order valence-electron chi connectivity index (χ1n) is 11.8. The Morgan fingerprint density at radius 3 is 2.53 bits per heavy atom. The number of nitrogens with zero attached hydrogens (tertiary/aromatic N) is 4. The number of rotatable bonds is 7. The van der Waals surface area contributed by atoms with E-state index in [1.54, 1.807) is 13.1 Å². The number of pyridine rings is 1. The number of benzene rings is 1. The number of ether oxygens (including phenoxy) is 1. The van der Waals surface area contributed by atoms with E-state index in [1.807, 2.05) is 0 Å². The number of carbonyl (C=O) groups is 1. The summed E-state index contributed by atoms with van der Waals surface area (Å²) in [5.41, 5.74) is -1.46. The van der Waals surface area contributed by atoms with Crippen LogP contribution in [0.15, 0.2) is 35.4 Å². The summed E-state index contributed by atoms with van der Waals surface area (Å²) in [6, 6.07) is 5.38. The van der Waals surface area contributed by atoms with Crippen LogP contribution in [0.1, 0.15) is 36.0 Å². The predicted molar refractivity (Wildman–Crippen MR) is 138 cm³/mol. The van der Waals surface area contributed by atoms with Gasteiger partial charge in [-0.15, -0.1) is 0 Å². The van der Waals surface area contributed by atoms with Gasteiger partial charge in [-0.1, -0.05) is 23.3 Å². The van der Waals surface area contributed by atoms with Crippen LogP contribution in [0.3, 0.4) is 0 Å². The molecule has 14 heteroatoms. The largest absolute Gasteiger partial charge is 0.373 e. The third kappa shape index (κ3) is 5.05. The molecule has 0 atom stereocenters. The molecule has 0 unspecified atom stereocenters. The van der Waals surface area contributed by atoms with Gasteiger partial charge in [0.15, 0.2) is 0 Å². The van der Waals surface area contributed by atoms with Crippen molar-refractivity contribution in [1.29, 1.82) is 0 Å². The van der Waals surface area contributed by atoms with Gasteiger partial charge in [-0.25, -0.2) is 23.1 Å². The summed E-state index contributed by atoms with van der Waals surface area (Å²) in [7, 11) is 19.7. The van der Waals surface area contributed by atoms with E-state index in [4.69, 9.17) is 28.3 Å². The summed E-state index contributed by atoms with van der Waals surface area (Å²) in [6.07, 6.45) is -1.19. The topological polar surface area (TPSA) is 89.3 Å². The Morgan fingerprint density at radius 2 is 1.92 bits per heavy atom. The van der Waals surface area contributed by atoms with Crippen LogP contribution in [-0.4, -0.2) is 69.1 Å². The molecule has 3 heterocycles. The van der Waals surface area contributed by atoms with E-state index in [2.05, 4.69) is 15.3 Å². The van der Waals surface area contributed by atoms with Crippen molar-refractivity contribution < 1.29 is 22.7 Å². The number of methoxy groups -OCH3 is 1. The van der Waals surface area contributed by atoms with Gasteiger partial charge >= 0.3 is 0 Å². The van der Waals surface area contributed by atoms with E-state index in [-0.39, 0.29) is 49.4 Å². The monoisotopic (exact) mass is 519 g/mol. The molecule has 2 aromatic heterocycles. The zero-order valence-corrected chi connectivity index (χ0v) is 20.9. The highest BCUT2D eigenvalue weighted by molar-refractivity contribution is 6.68. The number of halogens is 3. The molecule has 6 radical (unpaired) electrons. The van der Waals surface area contributed by atoms with Crippen molar-refractivity contribution in [3.63, 3.8) is 0 Å². The number of aromatic nitrogens is 3. The molecule has 0 aliphatic carbocycles. The molecule has 4 rings (SSSR count). The van der Waals surface area contributed by atoms with Gasteiger partial charge in [0, 0.05) is 39.4 Å². The van der Waals surface area contributed by atoms with Gasteiger partial charge in [-0.2, -0.15) is 0 Å². The molecule has 1 aliphatic heterocycles. The van der Waals surface area contributed by atoms with Crippen LogP contribution >= 0.6 is 0 Å². The van der Waals surface area contributed by atoms with Crippen LogP contribution in [0.25, 0.3) is 11.0 Å². The average Bonchev–Trinajstić information content (AvgIpc) is 2.89. The molecule has 1 amide bonds. The number of hydrogen-bond acceptors (Lipinski definition) is 6. The molecule has 1 aromatic carbocycles. The number of hydrogen-bond donors (Lipinski definition) is 1. The van der Waals surface area contributed by atoms with E-state index in [0.29, 0.717) is 16.6 Å². The fourth-order valence-corrected chi connectivity index (χ4v) is 4.75. The highest BCUT2D eigenvalue weighted by atomic mass is 19.3. The standard InChI is InChI=1S/C24H23B3F3N5O3/c1-34-20-15(19(32-12-33-20)31-11-13-4-3-5-14(17(13)28)18(29)30)10-16(21(34)36)23(38-2)6-8-35(9-7-23)22(37)24(25,26)27/h3-5,10,12,18H,6-9,11H2,1-2H3,(H,31,32,33). The molecule has 3 aromatic rings.